The molecule has 5 rings (SSSR count). The van der Waals surface area contributed by atoms with Gasteiger partial charge in [0.1, 0.15) is 5.82 Å². The predicted octanol–water partition coefficient (Wildman–Crippen LogP) is 6.57. The van der Waals surface area contributed by atoms with Crippen LogP contribution in [-0.4, -0.2) is 10.4 Å². The maximum Gasteiger partial charge on any atom is 0.416 e. The van der Waals surface area contributed by atoms with Gasteiger partial charge in [0.15, 0.2) is 5.78 Å². The molecule has 3 aromatic rings. The van der Waals surface area contributed by atoms with Gasteiger partial charge in [-0.15, -0.1) is 0 Å². The van der Waals surface area contributed by atoms with Crippen LogP contribution >= 0.6 is 11.3 Å². The molecule has 8 heteroatoms. The number of benzene rings is 1. The Bertz CT molecular complexity index is 1310. The van der Waals surface area contributed by atoms with Gasteiger partial charge in [0.05, 0.1) is 23.1 Å². The van der Waals surface area contributed by atoms with Crippen LogP contribution in [0.25, 0.3) is 5.82 Å². The van der Waals surface area contributed by atoms with Crippen LogP contribution in [0.15, 0.2) is 82.5 Å². The smallest absolute Gasteiger partial charge is 0.309 e. The maximum atomic E-state index is 13.5. The largest absolute Gasteiger partial charge is 0.416 e. The van der Waals surface area contributed by atoms with Gasteiger partial charge in [-0.1, -0.05) is 6.07 Å². The van der Waals surface area contributed by atoms with E-state index in [0.717, 1.165) is 17.7 Å². The highest BCUT2D eigenvalue weighted by atomic mass is 32.1. The second-order valence-corrected chi connectivity index (χ2v) is 8.73. The zero-order chi connectivity index (χ0) is 23.2. The molecule has 0 fully saturated rings. The lowest BCUT2D eigenvalue weighted by molar-refractivity contribution is -0.137. The molecule has 0 saturated carbocycles. The fourth-order valence-electron chi connectivity index (χ4n) is 4.65. The van der Waals surface area contributed by atoms with Gasteiger partial charge < -0.3 is 4.57 Å². The van der Waals surface area contributed by atoms with E-state index in [-0.39, 0.29) is 11.5 Å². The van der Waals surface area contributed by atoms with E-state index >= 15 is 0 Å². The molecule has 0 unspecified atom stereocenters. The standard InChI is InChI=1S/C25H18F3N3OS/c26-25(27,28)17-5-3-6-18(13-17)31-20-7-4-8-21(32)23(20)22(16-9-12-33-15-16)19(14-29)24(31)30-10-1-2-11-30/h1-3,5-6,9-13,15,22H,4,7-8H2/t22-/m0/s1. The van der Waals surface area contributed by atoms with E-state index in [1.807, 2.05) is 16.8 Å². The van der Waals surface area contributed by atoms with E-state index in [1.165, 1.54) is 17.4 Å². The monoisotopic (exact) mass is 465 g/mol. The van der Waals surface area contributed by atoms with Crippen molar-refractivity contribution in [3.05, 3.63) is 93.6 Å². The molecule has 0 amide bonds. The van der Waals surface area contributed by atoms with Crippen LogP contribution in [0.2, 0.25) is 0 Å². The number of aromatic nitrogens is 1. The van der Waals surface area contributed by atoms with Crippen molar-refractivity contribution in [1.82, 2.24) is 4.57 Å². The Morgan fingerprint density at radius 3 is 2.55 bits per heavy atom. The second-order valence-electron chi connectivity index (χ2n) is 7.95. The quantitative estimate of drug-likeness (QED) is 0.440. The number of carbonyl (C=O) groups is 1. The number of nitrogens with zero attached hydrogens (tertiary/aromatic N) is 3. The van der Waals surface area contributed by atoms with Gasteiger partial charge in [0.2, 0.25) is 0 Å². The first-order valence-corrected chi connectivity index (χ1v) is 11.4. The van der Waals surface area contributed by atoms with Gasteiger partial charge in [0, 0.05) is 35.8 Å². The number of ketones is 1. The number of anilines is 1. The SMILES string of the molecule is N#CC1=C(n2cccc2)N(c2cccc(C(F)(F)F)c2)C2=C(C(=O)CCC2)[C@H]1c1ccsc1. The normalized spacial score (nSPS) is 19.0. The van der Waals surface area contributed by atoms with Crippen molar-refractivity contribution in [2.75, 3.05) is 4.90 Å². The van der Waals surface area contributed by atoms with Gasteiger partial charge in [-0.05, 0) is 65.6 Å². The number of halogens is 3. The molecule has 2 aliphatic rings. The summed E-state index contributed by atoms with van der Waals surface area (Å²) >= 11 is 1.48. The zero-order valence-electron chi connectivity index (χ0n) is 17.3. The van der Waals surface area contributed by atoms with Crippen molar-refractivity contribution in [3.63, 3.8) is 0 Å². The highest BCUT2D eigenvalue weighted by Gasteiger charge is 2.42. The Balaban J connectivity index is 1.83. The molecule has 0 spiro atoms. The molecular weight excluding hydrogens is 447 g/mol. The summed E-state index contributed by atoms with van der Waals surface area (Å²) in [5.41, 5.74) is 1.82. The number of alkyl halides is 3. The van der Waals surface area contributed by atoms with E-state index in [1.54, 1.807) is 40.1 Å². The number of hydrogen-bond acceptors (Lipinski definition) is 4. The molecule has 0 bridgehead atoms. The number of carbonyl (C=O) groups excluding carboxylic acids is 1. The third kappa shape index (κ3) is 3.58. The van der Waals surface area contributed by atoms with Crippen LogP contribution in [0, 0.1) is 11.3 Å². The van der Waals surface area contributed by atoms with Crippen molar-refractivity contribution in [2.24, 2.45) is 0 Å². The molecule has 1 aliphatic heterocycles. The average molecular weight is 466 g/mol. The molecule has 1 aromatic carbocycles. The van der Waals surface area contributed by atoms with E-state index in [9.17, 15) is 23.2 Å². The molecule has 166 valence electrons. The van der Waals surface area contributed by atoms with E-state index in [0.29, 0.717) is 41.9 Å². The maximum absolute atomic E-state index is 13.5. The van der Waals surface area contributed by atoms with Crippen molar-refractivity contribution in [1.29, 1.82) is 5.26 Å². The van der Waals surface area contributed by atoms with Gasteiger partial charge in [0.25, 0.3) is 0 Å². The summed E-state index contributed by atoms with van der Waals surface area (Å²) in [6, 6.07) is 12.8. The van der Waals surface area contributed by atoms with Crippen LogP contribution < -0.4 is 4.90 Å². The molecule has 0 N–H and O–H groups in total. The van der Waals surface area contributed by atoms with E-state index < -0.39 is 17.7 Å². The fraction of sp³-hybridized carbons (Fsp3) is 0.200. The number of hydrogen-bond donors (Lipinski definition) is 0. The Morgan fingerprint density at radius 1 is 1.09 bits per heavy atom. The van der Waals surface area contributed by atoms with Gasteiger partial charge in [-0.3, -0.25) is 9.69 Å². The van der Waals surface area contributed by atoms with Crippen molar-refractivity contribution >= 4 is 28.6 Å². The second kappa shape index (κ2) is 8.09. The highest BCUT2D eigenvalue weighted by Crippen LogP contribution is 2.49. The van der Waals surface area contributed by atoms with Crippen LogP contribution in [0.3, 0.4) is 0 Å². The number of Topliss-reactive ketones (excluding diaryl/α,β-unsaturated/α-hetero) is 1. The molecule has 3 heterocycles. The summed E-state index contributed by atoms with van der Waals surface area (Å²) in [6.45, 7) is 0. The Morgan fingerprint density at radius 2 is 1.88 bits per heavy atom. The Kier molecular flexibility index (Phi) is 5.22. The summed E-state index contributed by atoms with van der Waals surface area (Å²) < 4.78 is 42.4. The average Bonchev–Trinajstić information content (AvgIpc) is 3.51. The van der Waals surface area contributed by atoms with Crippen molar-refractivity contribution < 1.29 is 18.0 Å². The summed E-state index contributed by atoms with van der Waals surface area (Å²) in [6.07, 6.45) is 0.488. The van der Waals surface area contributed by atoms with Crippen LogP contribution in [-0.2, 0) is 11.0 Å². The zero-order valence-corrected chi connectivity index (χ0v) is 18.2. The molecule has 4 nitrogen and oxygen atoms in total. The van der Waals surface area contributed by atoms with Gasteiger partial charge >= 0.3 is 6.18 Å². The van der Waals surface area contributed by atoms with E-state index in [4.69, 9.17) is 0 Å². The lowest BCUT2D eigenvalue weighted by atomic mass is 9.76. The first kappa shape index (κ1) is 21.3. The first-order valence-electron chi connectivity index (χ1n) is 10.4. The van der Waals surface area contributed by atoms with Crippen LogP contribution in [0.1, 0.15) is 36.3 Å². The summed E-state index contributed by atoms with van der Waals surface area (Å²) in [7, 11) is 0. The minimum absolute atomic E-state index is 0.0660. The third-order valence-corrected chi connectivity index (χ3v) is 6.71. The molecule has 1 aliphatic carbocycles. The third-order valence-electron chi connectivity index (χ3n) is 6.01. The van der Waals surface area contributed by atoms with Gasteiger partial charge in [-0.2, -0.15) is 29.8 Å². The topological polar surface area (TPSA) is 49.0 Å². The van der Waals surface area contributed by atoms with Crippen molar-refractivity contribution in [2.45, 2.75) is 31.4 Å². The predicted molar refractivity (Wildman–Crippen MR) is 120 cm³/mol. The fourth-order valence-corrected chi connectivity index (χ4v) is 5.33. The summed E-state index contributed by atoms with van der Waals surface area (Å²) in [5.74, 6) is -0.168. The van der Waals surface area contributed by atoms with Gasteiger partial charge in [-0.25, -0.2) is 0 Å². The Hall–Kier alpha value is -3.57. The molecule has 1 atom stereocenters. The first-order chi connectivity index (χ1) is 15.9. The number of thiophene rings is 1. The van der Waals surface area contributed by atoms with Crippen molar-refractivity contribution in [3.8, 4) is 6.07 Å². The Labute approximate surface area is 192 Å². The summed E-state index contributed by atoms with van der Waals surface area (Å²) in [4.78, 5) is 14.9. The number of rotatable bonds is 3. The highest BCUT2D eigenvalue weighted by molar-refractivity contribution is 7.08. The molecule has 2 aromatic heterocycles. The van der Waals surface area contributed by atoms with Crippen LogP contribution in [0.5, 0.6) is 0 Å². The molecule has 33 heavy (non-hydrogen) atoms. The number of allylic oxidation sites excluding steroid dienone is 3. The molecular formula is C25H18F3N3OS. The lowest BCUT2D eigenvalue weighted by Crippen LogP contribution is -2.36. The summed E-state index contributed by atoms with van der Waals surface area (Å²) in [5, 5.41) is 14.1. The van der Waals surface area contributed by atoms with E-state index in [2.05, 4.69) is 6.07 Å². The van der Waals surface area contributed by atoms with Crippen LogP contribution in [0.4, 0.5) is 18.9 Å². The minimum atomic E-state index is -4.51. The lowest BCUT2D eigenvalue weighted by Gasteiger charge is -2.41. The number of nitriles is 1. The molecule has 0 radical (unpaired) electrons. The minimum Gasteiger partial charge on any atom is -0.309 e. The molecule has 0 saturated heterocycles.